The van der Waals surface area contributed by atoms with Gasteiger partial charge in [0.05, 0.1) is 22.7 Å². The third-order valence-electron chi connectivity index (χ3n) is 2.72. The standard InChI is InChI=1S/C14H15ClN2O2/c1-9(2)19-13(18)17-12-7-10(15)5-6-11(12)16-8-14(17,3)4/h5-8H,1H2,2-4H3. The fourth-order valence-electron chi connectivity index (χ4n) is 1.91. The van der Waals surface area contributed by atoms with Gasteiger partial charge in [-0.3, -0.25) is 9.89 Å². The Labute approximate surface area is 117 Å². The summed E-state index contributed by atoms with van der Waals surface area (Å²) < 4.78 is 5.11. The monoisotopic (exact) mass is 278 g/mol. The summed E-state index contributed by atoms with van der Waals surface area (Å²) in [5.74, 6) is 0.340. The number of rotatable bonds is 1. The van der Waals surface area contributed by atoms with Crippen LogP contribution in [0.25, 0.3) is 0 Å². The van der Waals surface area contributed by atoms with Crippen molar-refractivity contribution in [3.05, 3.63) is 35.6 Å². The van der Waals surface area contributed by atoms with Crippen molar-refractivity contribution in [2.24, 2.45) is 4.99 Å². The van der Waals surface area contributed by atoms with Crippen LogP contribution >= 0.6 is 11.6 Å². The first-order chi connectivity index (χ1) is 8.81. The van der Waals surface area contributed by atoms with E-state index in [4.69, 9.17) is 16.3 Å². The minimum atomic E-state index is -0.593. The molecular weight excluding hydrogens is 264 g/mol. The molecule has 0 saturated heterocycles. The molecule has 0 atom stereocenters. The highest BCUT2D eigenvalue weighted by atomic mass is 35.5. The van der Waals surface area contributed by atoms with Crippen molar-refractivity contribution < 1.29 is 9.53 Å². The number of carbonyl (C=O) groups is 1. The number of ether oxygens (including phenoxy) is 1. The smallest absolute Gasteiger partial charge is 0.415 e. The Bertz CT molecular complexity index is 579. The molecule has 19 heavy (non-hydrogen) atoms. The minimum absolute atomic E-state index is 0.340. The van der Waals surface area contributed by atoms with Crippen LogP contribution in [0, 0.1) is 0 Å². The highest BCUT2D eigenvalue weighted by Crippen LogP contribution is 2.39. The van der Waals surface area contributed by atoms with E-state index in [1.165, 1.54) is 4.90 Å². The van der Waals surface area contributed by atoms with Gasteiger partial charge in [-0.05, 0) is 39.0 Å². The molecule has 1 aliphatic heterocycles. The summed E-state index contributed by atoms with van der Waals surface area (Å²) in [6.07, 6.45) is 1.22. The summed E-state index contributed by atoms with van der Waals surface area (Å²) in [5.41, 5.74) is 0.721. The molecule has 1 aliphatic rings. The van der Waals surface area contributed by atoms with E-state index in [1.807, 2.05) is 13.8 Å². The lowest BCUT2D eigenvalue weighted by molar-refractivity contribution is 0.180. The molecule has 0 bridgehead atoms. The number of hydrogen-bond acceptors (Lipinski definition) is 3. The molecule has 0 aromatic heterocycles. The number of anilines is 1. The second-order valence-electron chi connectivity index (χ2n) is 4.95. The fourth-order valence-corrected chi connectivity index (χ4v) is 2.08. The molecule has 0 fully saturated rings. The van der Waals surface area contributed by atoms with Crippen molar-refractivity contribution in [1.82, 2.24) is 0 Å². The van der Waals surface area contributed by atoms with Gasteiger partial charge in [-0.25, -0.2) is 4.79 Å². The molecule has 1 amide bonds. The van der Waals surface area contributed by atoms with Crippen LogP contribution in [0.15, 0.2) is 35.5 Å². The molecule has 1 heterocycles. The summed E-state index contributed by atoms with van der Waals surface area (Å²) in [4.78, 5) is 18.1. The van der Waals surface area contributed by atoms with Crippen molar-refractivity contribution in [1.29, 1.82) is 0 Å². The summed E-state index contributed by atoms with van der Waals surface area (Å²) in [6.45, 7) is 8.96. The highest BCUT2D eigenvalue weighted by molar-refractivity contribution is 6.31. The number of carbonyl (C=O) groups excluding carboxylic acids is 1. The molecule has 0 N–H and O–H groups in total. The Kier molecular flexibility index (Phi) is 3.37. The number of benzene rings is 1. The van der Waals surface area contributed by atoms with Gasteiger partial charge in [0.1, 0.15) is 0 Å². The zero-order valence-corrected chi connectivity index (χ0v) is 11.9. The van der Waals surface area contributed by atoms with Crippen LogP contribution in [0.4, 0.5) is 16.2 Å². The van der Waals surface area contributed by atoms with Crippen molar-refractivity contribution in [2.45, 2.75) is 26.3 Å². The second kappa shape index (κ2) is 4.70. The summed E-state index contributed by atoms with van der Waals surface area (Å²) in [6, 6.07) is 5.21. The molecule has 2 rings (SSSR count). The van der Waals surface area contributed by atoms with Crippen LogP contribution < -0.4 is 4.90 Å². The van der Waals surface area contributed by atoms with E-state index in [9.17, 15) is 4.79 Å². The van der Waals surface area contributed by atoms with Gasteiger partial charge in [-0.2, -0.15) is 0 Å². The van der Waals surface area contributed by atoms with Crippen LogP contribution in [0.1, 0.15) is 20.8 Å². The Hall–Kier alpha value is -1.81. The first kappa shape index (κ1) is 13.6. The lowest BCUT2D eigenvalue weighted by Crippen LogP contribution is -2.50. The number of nitrogens with zero attached hydrogens (tertiary/aromatic N) is 2. The largest absolute Gasteiger partial charge is 0.420 e. The quantitative estimate of drug-likeness (QED) is 0.718. The average molecular weight is 279 g/mol. The van der Waals surface area contributed by atoms with Gasteiger partial charge in [0.15, 0.2) is 0 Å². The predicted molar refractivity (Wildman–Crippen MR) is 77.5 cm³/mol. The highest BCUT2D eigenvalue weighted by Gasteiger charge is 2.36. The number of hydrogen-bond donors (Lipinski definition) is 0. The zero-order chi connectivity index (χ0) is 14.2. The third kappa shape index (κ3) is 2.63. The molecule has 0 unspecified atom stereocenters. The van der Waals surface area contributed by atoms with E-state index in [0.29, 0.717) is 22.2 Å². The number of fused-ring (bicyclic) bond motifs is 1. The van der Waals surface area contributed by atoms with E-state index in [-0.39, 0.29) is 0 Å². The average Bonchev–Trinajstić information content (AvgIpc) is 2.26. The number of allylic oxidation sites excluding steroid dienone is 1. The van der Waals surface area contributed by atoms with Crippen molar-refractivity contribution >= 4 is 35.3 Å². The van der Waals surface area contributed by atoms with Crippen LogP contribution in [0.2, 0.25) is 5.02 Å². The lowest BCUT2D eigenvalue weighted by atomic mass is 10.0. The Morgan fingerprint density at radius 3 is 2.79 bits per heavy atom. The number of aliphatic imine (C=N–C) groups is 1. The maximum atomic E-state index is 12.2. The van der Waals surface area contributed by atoms with E-state index in [2.05, 4.69) is 11.6 Å². The third-order valence-corrected chi connectivity index (χ3v) is 2.95. The summed E-state index contributed by atoms with van der Waals surface area (Å²) >= 11 is 6.00. The minimum Gasteiger partial charge on any atom is -0.415 e. The first-order valence-corrected chi connectivity index (χ1v) is 6.21. The van der Waals surface area contributed by atoms with Crippen LogP contribution in [-0.4, -0.2) is 17.8 Å². The van der Waals surface area contributed by atoms with Gasteiger partial charge in [-0.1, -0.05) is 18.2 Å². The molecule has 100 valence electrons. The van der Waals surface area contributed by atoms with Crippen LogP contribution in [0.3, 0.4) is 0 Å². The van der Waals surface area contributed by atoms with E-state index < -0.39 is 11.6 Å². The van der Waals surface area contributed by atoms with Gasteiger partial charge in [0.25, 0.3) is 0 Å². The Balaban J connectivity index is 2.50. The van der Waals surface area contributed by atoms with Crippen molar-refractivity contribution in [3.8, 4) is 0 Å². The van der Waals surface area contributed by atoms with Gasteiger partial charge < -0.3 is 4.74 Å². The zero-order valence-electron chi connectivity index (χ0n) is 11.1. The number of halogens is 1. The predicted octanol–water partition coefficient (Wildman–Crippen LogP) is 4.31. The normalized spacial score (nSPS) is 15.9. The first-order valence-electron chi connectivity index (χ1n) is 5.83. The molecule has 1 aromatic rings. The topological polar surface area (TPSA) is 41.9 Å². The van der Waals surface area contributed by atoms with E-state index in [1.54, 1.807) is 31.3 Å². The summed E-state index contributed by atoms with van der Waals surface area (Å²) in [7, 11) is 0. The van der Waals surface area contributed by atoms with Gasteiger partial charge in [-0.15, -0.1) is 0 Å². The molecule has 0 saturated carbocycles. The molecule has 0 spiro atoms. The molecule has 5 heteroatoms. The Morgan fingerprint density at radius 1 is 1.47 bits per heavy atom. The lowest BCUT2D eigenvalue weighted by Gasteiger charge is -2.38. The molecule has 1 aromatic carbocycles. The van der Waals surface area contributed by atoms with Crippen molar-refractivity contribution in [3.63, 3.8) is 0 Å². The SMILES string of the molecule is C=C(C)OC(=O)N1c2cc(Cl)ccc2N=CC1(C)C. The fraction of sp³-hybridized carbons (Fsp3) is 0.286. The van der Waals surface area contributed by atoms with Gasteiger partial charge in [0, 0.05) is 11.2 Å². The molecular formula is C14H15ClN2O2. The molecule has 0 aliphatic carbocycles. The summed E-state index contributed by atoms with van der Waals surface area (Å²) in [5, 5.41) is 0.541. The number of amides is 1. The van der Waals surface area contributed by atoms with Crippen molar-refractivity contribution in [2.75, 3.05) is 4.90 Å². The maximum absolute atomic E-state index is 12.2. The molecule has 4 nitrogen and oxygen atoms in total. The van der Waals surface area contributed by atoms with E-state index >= 15 is 0 Å². The van der Waals surface area contributed by atoms with Crippen LogP contribution in [0.5, 0.6) is 0 Å². The maximum Gasteiger partial charge on any atom is 0.420 e. The van der Waals surface area contributed by atoms with Crippen LogP contribution in [-0.2, 0) is 4.74 Å². The van der Waals surface area contributed by atoms with Gasteiger partial charge >= 0.3 is 6.09 Å². The van der Waals surface area contributed by atoms with Gasteiger partial charge in [0.2, 0.25) is 0 Å². The molecule has 0 radical (unpaired) electrons. The van der Waals surface area contributed by atoms with E-state index in [0.717, 1.165) is 0 Å². The second-order valence-corrected chi connectivity index (χ2v) is 5.39. The Morgan fingerprint density at radius 2 is 2.16 bits per heavy atom.